The summed E-state index contributed by atoms with van der Waals surface area (Å²) in [7, 11) is 0. The summed E-state index contributed by atoms with van der Waals surface area (Å²) in [6, 6.07) is 0. The number of hydrogen-bond acceptors (Lipinski definition) is 4. The first-order chi connectivity index (χ1) is 4.95. The Morgan fingerprint density at radius 2 is 2.09 bits per heavy atom. The van der Waals surface area contributed by atoms with Gasteiger partial charge in [0.05, 0.1) is 6.10 Å². The molecule has 4 heteroatoms. The van der Waals surface area contributed by atoms with Crippen molar-refractivity contribution in [2.45, 2.75) is 25.5 Å². The maximum atomic E-state index is 9.07. The monoisotopic (exact) mass is 178 g/mol. The van der Waals surface area contributed by atoms with Crippen LogP contribution in [0.15, 0.2) is 0 Å². The van der Waals surface area contributed by atoms with Crippen LogP contribution >= 0.6 is 11.8 Å². The molecule has 1 unspecified atom stereocenters. The molecule has 1 atom stereocenters. The Kier molecular flexibility index (Phi) is 5.08. The van der Waals surface area contributed by atoms with Crippen molar-refractivity contribution >= 4 is 11.8 Å². The zero-order valence-corrected chi connectivity index (χ0v) is 8.03. The number of hydrogen-bond donors (Lipinski definition) is 3. The van der Waals surface area contributed by atoms with Gasteiger partial charge < -0.3 is 16.6 Å². The van der Waals surface area contributed by atoms with E-state index in [-0.39, 0.29) is 11.6 Å². The normalized spacial score (nSPS) is 15.0. The number of aliphatic hydroxyl groups is 1. The second-order valence-electron chi connectivity index (χ2n) is 3.39. The molecule has 68 valence electrons. The quantitative estimate of drug-likeness (QED) is 0.544. The van der Waals surface area contributed by atoms with Crippen LogP contribution in [0.4, 0.5) is 0 Å². The molecule has 0 radical (unpaired) electrons. The number of nitrogens with two attached hydrogens (primary N) is 2. The van der Waals surface area contributed by atoms with Gasteiger partial charge in [0, 0.05) is 23.6 Å². The van der Waals surface area contributed by atoms with E-state index in [4.69, 9.17) is 16.6 Å². The summed E-state index contributed by atoms with van der Waals surface area (Å²) in [5, 5.41) is 9.07. The second-order valence-corrected chi connectivity index (χ2v) is 4.42. The van der Waals surface area contributed by atoms with Gasteiger partial charge >= 0.3 is 0 Å². The van der Waals surface area contributed by atoms with Gasteiger partial charge in [0.2, 0.25) is 0 Å². The Bertz CT molecular complexity index is 103. The minimum Gasteiger partial charge on any atom is -0.391 e. The SMILES string of the molecule is CC(C)(N)CSCC(O)CN. The Morgan fingerprint density at radius 3 is 2.45 bits per heavy atom. The first-order valence-corrected chi connectivity index (χ1v) is 4.86. The standard InChI is InChI=1S/C7H18N2OS/c1-7(2,9)5-11-4-6(10)3-8/h6,10H,3-5,8-9H2,1-2H3. The molecule has 0 fully saturated rings. The smallest absolute Gasteiger partial charge is 0.0752 e. The zero-order valence-electron chi connectivity index (χ0n) is 7.21. The fraction of sp³-hybridized carbons (Fsp3) is 1.00. The van der Waals surface area contributed by atoms with Crippen LogP contribution < -0.4 is 11.5 Å². The van der Waals surface area contributed by atoms with E-state index in [0.717, 1.165) is 5.75 Å². The first-order valence-electron chi connectivity index (χ1n) is 3.70. The molecule has 0 saturated carbocycles. The van der Waals surface area contributed by atoms with Crippen molar-refractivity contribution in [1.82, 2.24) is 0 Å². The molecule has 3 nitrogen and oxygen atoms in total. The number of aliphatic hydroxyl groups excluding tert-OH is 1. The molecule has 0 aromatic carbocycles. The first kappa shape index (κ1) is 11.2. The Hall–Kier alpha value is 0.230. The van der Waals surface area contributed by atoms with Crippen LogP contribution in [0.1, 0.15) is 13.8 Å². The Balaban J connectivity index is 3.28. The van der Waals surface area contributed by atoms with Gasteiger partial charge in [-0.15, -0.1) is 0 Å². The van der Waals surface area contributed by atoms with Gasteiger partial charge in [-0.05, 0) is 13.8 Å². The summed E-state index contributed by atoms with van der Waals surface area (Å²) in [4.78, 5) is 0. The topological polar surface area (TPSA) is 72.3 Å². The van der Waals surface area contributed by atoms with Gasteiger partial charge in [-0.2, -0.15) is 11.8 Å². The highest BCUT2D eigenvalue weighted by molar-refractivity contribution is 7.99. The molecule has 11 heavy (non-hydrogen) atoms. The largest absolute Gasteiger partial charge is 0.391 e. The van der Waals surface area contributed by atoms with Crippen molar-refractivity contribution < 1.29 is 5.11 Å². The molecule has 5 N–H and O–H groups in total. The number of rotatable bonds is 5. The Morgan fingerprint density at radius 1 is 1.55 bits per heavy atom. The van der Waals surface area contributed by atoms with Crippen LogP contribution in [0.2, 0.25) is 0 Å². The van der Waals surface area contributed by atoms with Gasteiger partial charge in [-0.1, -0.05) is 0 Å². The van der Waals surface area contributed by atoms with Gasteiger partial charge in [-0.3, -0.25) is 0 Å². The van der Waals surface area contributed by atoms with Crippen molar-refractivity contribution in [2.24, 2.45) is 11.5 Å². The summed E-state index contributed by atoms with van der Waals surface area (Å²) in [5.74, 6) is 1.53. The highest BCUT2D eigenvalue weighted by Crippen LogP contribution is 2.10. The van der Waals surface area contributed by atoms with Crippen LogP contribution in [-0.4, -0.2) is 34.8 Å². The predicted octanol–water partition coefficient (Wildman–Crippen LogP) is -0.223. The van der Waals surface area contributed by atoms with E-state index in [2.05, 4.69) is 0 Å². The lowest BCUT2D eigenvalue weighted by Crippen LogP contribution is -2.35. The average Bonchev–Trinajstić information content (AvgIpc) is 1.85. The van der Waals surface area contributed by atoms with E-state index < -0.39 is 0 Å². The summed E-state index contributed by atoms with van der Waals surface area (Å²) < 4.78 is 0. The van der Waals surface area contributed by atoms with Gasteiger partial charge in [0.15, 0.2) is 0 Å². The summed E-state index contributed by atoms with van der Waals surface area (Å²) in [5.41, 5.74) is 10.8. The zero-order chi connectivity index (χ0) is 8.91. The third kappa shape index (κ3) is 8.13. The van der Waals surface area contributed by atoms with E-state index in [9.17, 15) is 0 Å². The molecule has 0 rings (SSSR count). The molecular formula is C7H18N2OS. The van der Waals surface area contributed by atoms with Crippen molar-refractivity contribution in [2.75, 3.05) is 18.1 Å². The van der Waals surface area contributed by atoms with Gasteiger partial charge in [0.1, 0.15) is 0 Å². The number of thioether (sulfide) groups is 1. The third-order valence-corrected chi connectivity index (χ3v) is 2.63. The van der Waals surface area contributed by atoms with Crippen molar-refractivity contribution in [3.05, 3.63) is 0 Å². The molecule has 0 aliphatic heterocycles. The van der Waals surface area contributed by atoms with Crippen molar-refractivity contribution in [1.29, 1.82) is 0 Å². The van der Waals surface area contributed by atoms with Crippen LogP contribution in [0.5, 0.6) is 0 Å². The van der Waals surface area contributed by atoms with Crippen molar-refractivity contribution in [3.8, 4) is 0 Å². The second kappa shape index (κ2) is 4.98. The van der Waals surface area contributed by atoms with Crippen LogP contribution in [-0.2, 0) is 0 Å². The van der Waals surface area contributed by atoms with E-state index in [1.165, 1.54) is 0 Å². The van der Waals surface area contributed by atoms with Crippen LogP contribution in [0.25, 0.3) is 0 Å². The maximum Gasteiger partial charge on any atom is 0.0752 e. The van der Waals surface area contributed by atoms with E-state index in [1.54, 1.807) is 11.8 Å². The van der Waals surface area contributed by atoms with E-state index >= 15 is 0 Å². The third-order valence-electron chi connectivity index (χ3n) is 1.06. The summed E-state index contributed by atoms with van der Waals surface area (Å²) >= 11 is 1.64. The highest BCUT2D eigenvalue weighted by Gasteiger charge is 2.11. The lowest BCUT2D eigenvalue weighted by atomic mass is 10.1. The van der Waals surface area contributed by atoms with Crippen LogP contribution in [0.3, 0.4) is 0 Å². The predicted molar refractivity (Wildman–Crippen MR) is 50.7 cm³/mol. The average molecular weight is 178 g/mol. The molecule has 0 aromatic rings. The molecule has 0 heterocycles. The fourth-order valence-electron chi connectivity index (χ4n) is 0.526. The molecule has 0 aliphatic carbocycles. The maximum absolute atomic E-state index is 9.07. The fourth-order valence-corrected chi connectivity index (χ4v) is 1.58. The lowest BCUT2D eigenvalue weighted by Gasteiger charge is -2.18. The van der Waals surface area contributed by atoms with E-state index in [1.807, 2.05) is 13.8 Å². The van der Waals surface area contributed by atoms with Gasteiger partial charge in [-0.25, -0.2) is 0 Å². The summed E-state index contributed by atoms with van der Waals surface area (Å²) in [6.45, 7) is 4.27. The Labute approximate surface area is 72.5 Å². The molecule has 0 saturated heterocycles. The van der Waals surface area contributed by atoms with E-state index in [0.29, 0.717) is 12.3 Å². The molecule has 0 bridgehead atoms. The van der Waals surface area contributed by atoms with Crippen molar-refractivity contribution in [3.63, 3.8) is 0 Å². The van der Waals surface area contributed by atoms with Gasteiger partial charge in [0.25, 0.3) is 0 Å². The highest BCUT2D eigenvalue weighted by atomic mass is 32.2. The minimum absolute atomic E-state index is 0.154. The van der Waals surface area contributed by atoms with Crippen LogP contribution in [0, 0.1) is 0 Å². The molecule has 0 aliphatic rings. The molecule has 0 spiro atoms. The molecular weight excluding hydrogens is 160 g/mol. The summed E-state index contributed by atoms with van der Waals surface area (Å²) in [6.07, 6.45) is -0.387. The minimum atomic E-state index is -0.387. The molecule has 0 aromatic heterocycles. The lowest BCUT2D eigenvalue weighted by molar-refractivity contribution is 0.208. The molecule has 0 amide bonds.